The van der Waals surface area contributed by atoms with Crippen LogP contribution in [0.5, 0.6) is 0 Å². The molecule has 0 spiro atoms. The number of hydrogen-bond acceptors (Lipinski definition) is 3. The van der Waals surface area contributed by atoms with E-state index >= 15 is 0 Å². The SMILES string of the molecule is C=CCCCCCC[C@H](NC(=O)C1CC1)C(=O)OC. The fourth-order valence-electron chi connectivity index (χ4n) is 2.02. The molecule has 0 aliphatic heterocycles. The number of unbranched alkanes of at least 4 members (excludes halogenated alkanes) is 4. The molecule has 1 fully saturated rings. The number of allylic oxidation sites excluding steroid dienone is 1. The molecule has 1 aliphatic carbocycles. The summed E-state index contributed by atoms with van der Waals surface area (Å²) < 4.78 is 4.74. The van der Waals surface area contributed by atoms with Crippen LogP contribution in [0.3, 0.4) is 0 Å². The van der Waals surface area contributed by atoms with Gasteiger partial charge in [-0.25, -0.2) is 4.79 Å². The Morgan fingerprint density at radius 1 is 1.32 bits per heavy atom. The van der Waals surface area contributed by atoms with Gasteiger partial charge in [0.05, 0.1) is 7.11 Å². The van der Waals surface area contributed by atoms with E-state index in [1.165, 1.54) is 7.11 Å². The predicted molar refractivity (Wildman–Crippen MR) is 74.6 cm³/mol. The highest BCUT2D eigenvalue weighted by atomic mass is 16.5. The Balaban J connectivity index is 2.22. The third kappa shape index (κ3) is 6.41. The Bertz CT molecular complexity index is 311. The number of hydrogen-bond donors (Lipinski definition) is 1. The van der Waals surface area contributed by atoms with Crippen LogP contribution >= 0.6 is 0 Å². The summed E-state index contributed by atoms with van der Waals surface area (Å²) in [6.07, 6.45) is 9.80. The standard InChI is InChI=1S/C15H25NO3/c1-3-4-5-6-7-8-9-13(15(18)19-2)16-14(17)12-10-11-12/h3,12-13H,1,4-11H2,2H3,(H,16,17)/t13-/m0/s1. The second-order valence-electron chi connectivity index (χ2n) is 5.14. The van der Waals surface area contributed by atoms with Crippen LogP contribution in [0.25, 0.3) is 0 Å². The van der Waals surface area contributed by atoms with Crippen molar-refractivity contribution in [1.29, 1.82) is 0 Å². The zero-order valence-corrected chi connectivity index (χ0v) is 11.8. The van der Waals surface area contributed by atoms with Crippen molar-refractivity contribution < 1.29 is 14.3 Å². The second-order valence-corrected chi connectivity index (χ2v) is 5.14. The van der Waals surface area contributed by atoms with Crippen molar-refractivity contribution in [3.8, 4) is 0 Å². The van der Waals surface area contributed by atoms with E-state index in [0.29, 0.717) is 6.42 Å². The molecule has 0 aromatic carbocycles. The normalized spacial score (nSPS) is 15.6. The van der Waals surface area contributed by atoms with Crippen molar-refractivity contribution in [3.63, 3.8) is 0 Å². The lowest BCUT2D eigenvalue weighted by Crippen LogP contribution is -2.42. The van der Waals surface area contributed by atoms with Gasteiger partial charge in [0, 0.05) is 5.92 Å². The molecular weight excluding hydrogens is 242 g/mol. The number of methoxy groups -OCH3 is 1. The highest BCUT2D eigenvalue weighted by Crippen LogP contribution is 2.29. The van der Waals surface area contributed by atoms with Gasteiger partial charge in [-0.05, 0) is 32.1 Å². The van der Waals surface area contributed by atoms with Gasteiger partial charge in [-0.3, -0.25) is 4.79 Å². The van der Waals surface area contributed by atoms with Gasteiger partial charge in [0.1, 0.15) is 6.04 Å². The molecule has 1 amide bonds. The first-order valence-corrected chi connectivity index (χ1v) is 7.18. The van der Waals surface area contributed by atoms with Crippen LogP contribution in [0.1, 0.15) is 51.4 Å². The number of nitrogens with one attached hydrogen (secondary N) is 1. The summed E-state index contributed by atoms with van der Waals surface area (Å²) in [6, 6.07) is -0.475. The van der Waals surface area contributed by atoms with E-state index in [9.17, 15) is 9.59 Å². The fourth-order valence-corrected chi connectivity index (χ4v) is 2.02. The highest BCUT2D eigenvalue weighted by molar-refractivity contribution is 5.86. The first-order chi connectivity index (χ1) is 9.19. The van der Waals surface area contributed by atoms with Gasteiger partial charge in [0.25, 0.3) is 0 Å². The van der Waals surface area contributed by atoms with Gasteiger partial charge >= 0.3 is 5.97 Å². The Kier molecular flexibility index (Phi) is 7.23. The molecule has 0 bridgehead atoms. The van der Waals surface area contributed by atoms with Gasteiger partial charge in [-0.2, -0.15) is 0 Å². The highest BCUT2D eigenvalue weighted by Gasteiger charge is 2.32. The lowest BCUT2D eigenvalue weighted by Gasteiger charge is -2.16. The average Bonchev–Trinajstić information content (AvgIpc) is 3.24. The van der Waals surface area contributed by atoms with Crippen molar-refractivity contribution in [2.45, 2.75) is 57.4 Å². The van der Waals surface area contributed by atoms with Crippen LogP contribution < -0.4 is 5.32 Å². The maximum Gasteiger partial charge on any atom is 0.328 e. The molecule has 0 aromatic rings. The topological polar surface area (TPSA) is 55.4 Å². The largest absolute Gasteiger partial charge is 0.467 e. The number of ether oxygens (including phenoxy) is 1. The first kappa shape index (κ1) is 15.7. The monoisotopic (exact) mass is 267 g/mol. The van der Waals surface area contributed by atoms with Crippen molar-refractivity contribution >= 4 is 11.9 Å². The van der Waals surface area contributed by atoms with E-state index in [1.807, 2.05) is 6.08 Å². The second kappa shape index (κ2) is 8.73. The van der Waals surface area contributed by atoms with Crippen molar-refractivity contribution in [3.05, 3.63) is 12.7 Å². The third-order valence-electron chi connectivity index (χ3n) is 3.40. The molecule has 108 valence electrons. The summed E-state index contributed by atoms with van der Waals surface area (Å²) in [5, 5.41) is 2.80. The molecule has 0 saturated heterocycles. The molecular formula is C15H25NO3. The average molecular weight is 267 g/mol. The number of carbonyl (C=O) groups excluding carboxylic acids is 2. The smallest absolute Gasteiger partial charge is 0.328 e. The summed E-state index contributed by atoms with van der Waals surface area (Å²) >= 11 is 0. The summed E-state index contributed by atoms with van der Waals surface area (Å²) in [7, 11) is 1.36. The van der Waals surface area contributed by atoms with E-state index in [-0.39, 0.29) is 17.8 Å². The van der Waals surface area contributed by atoms with Gasteiger partial charge in [-0.1, -0.05) is 25.3 Å². The third-order valence-corrected chi connectivity index (χ3v) is 3.40. The Labute approximate surface area is 115 Å². The zero-order chi connectivity index (χ0) is 14.1. The van der Waals surface area contributed by atoms with Gasteiger partial charge in [0.15, 0.2) is 0 Å². The molecule has 0 heterocycles. The lowest BCUT2D eigenvalue weighted by molar-refractivity contribution is -0.145. The quantitative estimate of drug-likeness (QED) is 0.376. The van der Waals surface area contributed by atoms with Crippen LogP contribution in [-0.4, -0.2) is 25.0 Å². The first-order valence-electron chi connectivity index (χ1n) is 7.18. The number of carbonyl (C=O) groups is 2. The summed E-state index contributed by atoms with van der Waals surface area (Å²) in [5.41, 5.74) is 0. The number of rotatable bonds is 10. The Morgan fingerprint density at radius 2 is 2.00 bits per heavy atom. The minimum absolute atomic E-state index is 0.00190. The molecule has 0 unspecified atom stereocenters. The van der Waals surface area contributed by atoms with Crippen LogP contribution in [0, 0.1) is 5.92 Å². The summed E-state index contributed by atoms with van der Waals surface area (Å²) in [4.78, 5) is 23.3. The molecule has 1 aliphatic rings. The van der Waals surface area contributed by atoms with Crippen molar-refractivity contribution in [2.24, 2.45) is 5.92 Å². The number of amides is 1. The van der Waals surface area contributed by atoms with Crippen LogP contribution in [0.4, 0.5) is 0 Å². The molecule has 0 radical (unpaired) electrons. The van der Waals surface area contributed by atoms with Crippen LogP contribution in [-0.2, 0) is 14.3 Å². The van der Waals surface area contributed by atoms with E-state index in [0.717, 1.165) is 44.9 Å². The maximum atomic E-state index is 11.7. The molecule has 4 nitrogen and oxygen atoms in total. The van der Waals surface area contributed by atoms with E-state index in [4.69, 9.17) is 4.74 Å². The summed E-state index contributed by atoms with van der Waals surface area (Å²) in [6.45, 7) is 3.69. The van der Waals surface area contributed by atoms with E-state index in [2.05, 4.69) is 11.9 Å². The molecule has 0 aromatic heterocycles. The Morgan fingerprint density at radius 3 is 2.58 bits per heavy atom. The van der Waals surface area contributed by atoms with Crippen LogP contribution in [0.2, 0.25) is 0 Å². The minimum Gasteiger partial charge on any atom is -0.467 e. The lowest BCUT2D eigenvalue weighted by atomic mass is 10.1. The van der Waals surface area contributed by atoms with Crippen molar-refractivity contribution in [2.75, 3.05) is 7.11 Å². The fraction of sp³-hybridized carbons (Fsp3) is 0.733. The molecule has 19 heavy (non-hydrogen) atoms. The molecule has 1 saturated carbocycles. The molecule has 1 rings (SSSR count). The van der Waals surface area contributed by atoms with E-state index < -0.39 is 6.04 Å². The minimum atomic E-state index is -0.475. The molecule has 1 atom stereocenters. The predicted octanol–water partition coefficient (Wildman–Crippen LogP) is 2.58. The van der Waals surface area contributed by atoms with Crippen LogP contribution in [0.15, 0.2) is 12.7 Å². The van der Waals surface area contributed by atoms with Gasteiger partial charge < -0.3 is 10.1 Å². The Hall–Kier alpha value is -1.32. The van der Waals surface area contributed by atoms with Crippen molar-refractivity contribution in [1.82, 2.24) is 5.32 Å². The summed E-state index contributed by atoms with van der Waals surface area (Å²) in [5.74, 6) is -0.207. The zero-order valence-electron chi connectivity index (χ0n) is 11.8. The molecule has 1 N–H and O–H groups in total. The van der Waals surface area contributed by atoms with E-state index in [1.54, 1.807) is 0 Å². The maximum absolute atomic E-state index is 11.7. The molecule has 4 heteroatoms. The number of esters is 1. The van der Waals surface area contributed by atoms with Gasteiger partial charge in [-0.15, -0.1) is 6.58 Å². The van der Waals surface area contributed by atoms with Gasteiger partial charge in [0.2, 0.25) is 5.91 Å².